The molecule has 1 unspecified atom stereocenters. The molecule has 0 radical (unpaired) electrons. The number of carbonyl (C=O) groups is 2. The Bertz CT molecular complexity index is 316. The number of amides is 1. The third-order valence-electron chi connectivity index (χ3n) is 3.87. The summed E-state index contributed by atoms with van der Waals surface area (Å²) in [6.07, 6.45) is 6.06. The van der Waals surface area contributed by atoms with Gasteiger partial charge in [-0.05, 0) is 19.8 Å². The van der Waals surface area contributed by atoms with Gasteiger partial charge in [0, 0.05) is 18.3 Å². The van der Waals surface area contributed by atoms with E-state index in [2.05, 4.69) is 4.74 Å². The van der Waals surface area contributed by atoms with Gasteiger partial charge in [-0.2, -0.15) is 11.8 Å². The van der Waals surface area contributed by atoms with E-state index in [-0.39, 0.29) is 17.8 Å². The summed E-state index contributed by atoms with van der Waals surface area (Å²) < 4.78 is 4.69. The van der Waals surface area contributed by atoms with E-state index in [0.29, 0.717) is 17.5 Å². The van der Waals surface area contributed by atoms with E-state index in [4.69, 9.17) is 0 Å². The van der Waals surface area contributed by atoms with Crippen molar-refractivity contribution in [2.45, 2.75) is 52.0 Å². The first kappa shape index (κ1) is 17.3. The summed E-state index contributed by atoms with van der Waals surface area (Å²) in [5.74, 6) is 0.959. The highest BCUT2D eigenvalue weighted by molar-refractivity contribution is 7.99. The van der Waals surface area contributed by atoms with Gasteiger partial charge in [0.1, 0.15) is 0 Å². The number of nitrogens with zero attached hydrogens (tertiary/aromatic N) is 1. The summed E-state index contributed by atoms with van der Waals surface area (Å²) in [4.78, 5) is 25.6. The van der Waals surface area contributed by atoms with Gasteiger partial charge in [-0.15, -0.1) is 0 Å². The monoisotopic (exact) mass is 301 g/mol. The summed E-state index contributed by atoms with van der Waals surface area (Å²) >= 11 is 1.53. The largest absolute Gasteiger partial charge is 0.469 e. The Balaban J connectivity index is 2.34. The number of hydrogen-bond donors (Lipinski definition) is 0. The van der Waals surface area contributed by atoms with E-state index in [1.54, 1.807) is 0 Å². The molecule has 1 aliphatic carbocycles. The topological polar surface area (TPSA) is 46.6 Å². The Kier molecular flexibility index (Phi) is 8.04. The number of methoxy groups -OCH3 is 1. The van der Waals surface area contributed by atoms with Crippen molar-refractivity contribution in [3.8, 4) is 0 Å². The Labute approximate surface area is 126 Å². The number of ether oxygens (including phenoxy) is 1. The molecule has 1 atom stereocenters. The normalized spacial score (nSPS) is 17.6. The second-order valence-electron chi connectivity index (χ2n) is 5.41. The van der Waals surface area contributed by atoms with Crippen molar-refractivity contribution in [2.75, 3.05) is 25.2 Å². The number of rotatable bonds is 7. The van der Waals surface area contributed by atoms with Crippen molar-refractivity contribution in [2.24, 2.45) is 5.92 Å². The van der Waals surface area contributed by atoms with Crippen LogP contribution in [0.2, 0.25) is 0 Å². The minimum absolute atomic E-state index is 0.150. The molecular weight excluding hydrogens is 274 g/mol. The van der Waals surface area contributed by atoms with Gasteiger partial charge in [0.05, 0.1) is 18.8 Å². The summed E-state index contributed by atoms with van der Waals surface area (Å²) in [5, 5.41) is 0. The molecule has 1 saturated carbocycles. The van der Waals surface area contributed by atoms with E-state index in [1.807, 2.05) is 18.7 Å². The predicted molar refractivity (Wildman–Crippen MR) is 82.8 cm³/mol. The van der Waals surface area contributed by atoms with Crippen LogP contribution in [0.3, 0.4) is 0 Å². The van der Waals surface area contributed by atoms with Crippen LogP contribution in [0.25, 0.3) is 0 Å². The zero-order valence-corrected chi connectivity index (χ0v) is 13.7. The van der Waals surface area contributed by atoms with Crippen LogP contribution in [0.4, 0.5) is 0 Å². The molecule has 4 nitrogen and oxygen atoms in total. The van der Waals surface area contributed by atoms with Crippen molar-refractivity contribution in [3.63, 3.8) is 0 Å². The second-order valence-corrected chi connectivity index (χ2v) is 6.44. The zero-order valence-electron chi connectivity index (χ0n) is 12.9. The van der Waals surface area contributed by atoms with Gasteiger partial charge >= 0.3 is 5.97 Å². The molecule has 0 aromatic rings. The lowest BCUT2D eigenvalue weighted by molar-refractivity contribution is -0.144. The van der Waals surface area contributed by atoms with Crippen molar-refractivity contribution >= 4 is 23.6 Å². The van der Waals surface area contributed by atoms with Crippen molar-refractivity contribution < 1.29 is 14.3 Å². The smallest absolute Gasteiger partial charge is 0.309 e. The molecule has 1 fully saturated rings. The lowest BCUT2D eigenvalue weighted by Crippen LogP contribution is -2.42. The molecule has 1 amide bonds. The van der Waals surface area contributed by atoms with Gasteiger partial charge in [-0.25, -0.2) is 0 Å². The first-order valence-electron chi connectivity index (χ1n) is 7.55. The van der Waals surface area contributed by atoms with E-state index in [1.165, 1.54) is 38.1 Å². The third-order valence-corrected chi connectivity index (χ3v) is 5.06. The molecule has 1 rings (SSSR count). The van der Waals surface area contributed by atoms with Crippen LogP contribution < -0.4 is 0 Å². The molecule has 0 aromatic carbocycles. The molecule has 116 valence electrons. The van der Waals surface area contributed by atoms with Crippen LogP contribution in [0.15, 0.2) is 0 Å². The number of carbonyl (C=O) groups excluding carboxylic acids is 2. The highest BCUT2D eigenvalue weighted by Gasteiger charge is 2.24. The standard InChI is InChI=1S/C15H27NO3S/c1-4-16(13-8-6-5-7-9-13)14(17)11-20-10-12(2)15(18)19-3/h12-13H,4-11H2,1-3H3. The van der Waals surface area contributed by atoms with Gasteiger partial charge in [0.2, 0.25) is 5.91 Å². The van der Waals surface area contributed by atoms with E-state index in [0.717, 1.165) is 19.4 Å². The molecule has 0 saturated heterocycles. The summed E-state index contributed by atoms with van der Waals surface area (Å²) in [6.45, 7) is 4.67. The van der Waals surface area contributed by atoms with Crippen LogP contribution in [-0.4, -0.2) is 48.0 Å². The molecule has 0 aliphatic heterocycles. The quantitative estimate of drug-likeness (QED) is 0.678. The highest BCUT2D eigenvalue weighted by Crippen LogP contribution is 2.23. The molecule has 0 aromatic heterocycles. The van der Waals surface area contributed by atoms with Gasteiger partial charge < -0.3 is 9.64 Å². The molecule has 0 N–H and O–H groups in total. The summed E-state index contributed by atoms with van der Waals surface area (Å²) in [7, 11) is 1.40. The van der Waals surface area contributed by atoms with Crippen molar-refractivity contribution in [3.05, 3.63) is 0 Å². The number of esters is 1. The molecule has 0 spiro atoms. The molecule has 0 heterocycles. The highest BCUT2D eigenvalue weighted by atomic mass is 32.2. The van der Waals surface area contributed by atoms with Crippen LogP contribution in [0.5, 0.6) is 0 Å². The van der Waals surface area contributed by atoms with Crippen LogP contribution in [0, 0.1) is 5.92 Å². The van der Waals surface area contributed by atoms with E-state index < -0.39 is 0 Å². The number of thioether (sulfide) groups is 1. The van der Waals surface area contributed by atoms with Gasteiger partial charge in [0.15, 0.2) is 0 Å². The van der Waals surface area contributed by atoms with Crippen LogP contribution in [0.1, 0.15) is 46.0 Å². The minimum Gasteiger partial charge on any atom is -0.469 e. The van der Waals surface area contributed by atoms with Gasteiger partial charge in [-0.1, -0.05) is 26.2 Å². The fourth-order valence-electron chi connectivity index (χ4n) is 2.71. The summed E-state index contributed by atoms with van der Waals surface area (Å²) in [6, 6.07) is 0.430. The van der Waals surface area contributed by atoms with Crippen LogP contribution in [-0.2, 0) is 14.3 Å². The average Bonchev–Trinajstić information content (AvgIpc) is 2.48. The van der Waals surface area contributed by atoms with Gasteiger partial charge in [0.25, 0.3) is 0 Å². The second kappa shape index (κ2) is 9.27. The summed E-state index contributed by atoms with van der Waals surface area (Å²) in [5.41, 5.74) is 0. The SMILES string of the molecule is CCN(C(=O)CSCC(C)C(=O)OC)C1CCCCC1. The first-order valence-corrected chi connectivity index (χ1v) is 8.70. The van der Waals surface area contributed by atoms with Crippen LogP contribution >= 0.6 is 11.8 Å². The average molecular weight is 301 g/mol. The Morgan fingerprint density at radius 3 is 2.50 bits per heavy atom. The Morgan fingerprint density at radius 2 is 1.95 bits per heavy atom. The fraction of sp³-hybridized carbons (Fsp3) is 0.867. The van der Waals surface area contributed by atoms with E-state index >= 15 is 0 Å². The fourth-order valence-corrected chi connectivity index (χ4v) is 3.65. The van der Waals surface area contributed by atoms with Crippen molar-refractivity contribution in [1.29, 1.82) is 0 Å². The maximum absolute atomic E-state index is 12.3. The van der Waals surface area contributed by atoms with Gasteiger partial charge in [-0.3, -0.25) is 9.59 Å². The van der Waals surface area contributed by atoms with E-state index in [9.17, 15) is 9.59 Å². The molecule has 0 bridgehead atoms. The maximum atomic E-state index is 12.3. The lowest BCUT2D eigenvalue weighted by atomic mass is 9.94. The molecular formula is C15H27NO3S. The lowest BCUT2D eigenvalue weighted by Gasteiger charge is -2.33. The molecule has 5 heteroatoms. The maximum Gasteiger partial charge on any atom is 0.309 e. The molecule has 20 heavy (non-hydrogen) atoms. The van der Waals surface area contributed by atoms with Crippen molar-refractivity contribution in [1.82, 2.24) is 4.90 Å². The first-order chi connectivity index (χ1) is 9.60. The predicted octanol–water partition coefficient (Wildman–Crippen LogP) is 2.71. The third kappa shape index (κ3) is 5.35. The Morgan fingerprint density at radius 1 is 1.30 bits per heavy atom. The minimum atomic E-state index is -0.204. The zero-order chi connectivity index (χ0) is 15.0. The number of hydrogen-bond acceptors (Lipinski definition) is 4. The molecule has 1 aliphatic rings. The Hall–Kier alpha value is -0.710.